The lowest BCUT2D eigenvalue weighted by Gasteiger charge is -2.40. The van der Waals surface area contributed by atoms with E-state index >= 15 is 0 Å². The second kappa shape index (κ2) is 5.17. The van der Waals surface area contributed by atoms with Crippen LogP contribution in [-0.4, -0.2) is 45.0 Å². The van der Waals surface area contributed by atoms with E-state index in [4.69, 9.17) is 4.74 Å². The largest absolute Gasteiger partial charge is 0.370 e. The summed E-state index contributed by atoms with van der Waals surface area (Å²) in [4.78, 5) is 16.7. The summed E-state index contributed by atoms with van der Waals surface area (Å²) in [5.74, 6) is 0.117. The molecular formula is C15H18N4O2S. The smallest absolute Gasteiger partial charge is 0.264 e. The second-order valence-electron chi connectivity index (χ2n) is 5.98. The van der Waals surface area contributed by atoms with Crippen LogP contribution in [0.4, 0.5) is 0 Å². The van der Waals surface area contributed by atoms with Crippen LogP contribution in [0.5, 0.6) is 0 Å². The van der Waals surface area contributed by atoms with Gasteiger partial charge in [-0.25, -0.2) is 4.68 Å². The van der Waals surface area contributed by atoms with Crippen molar-refractivity contribution in [2.75, 3.05) is 13.1 Å². The lowest BCUT2D eigenvalue weighted by Crippen LogP contribution is -2.49. The van der Waals surface area contributed by atoms with Crippen LogP contribution in [0.15, 0.2) is 12.3 Å². The molecule has 0 radical (unpaired) electrons. The van der Waals surface area contributed by atoms with Gasteiger partial charge in [0.2, 0.25) is 0 Å². The summed E-state index contributed by atoms with van der Waals surface area (Å²) >= 11 is 1.58. The van der Waals surface area contributed by atoms with Crippen LogP contribution in [0, 0.1) is 13.8 Å². The van der Waals surface area contributed by atoms with Gasteiger partial charge in [0.05, 0.1) is 35.5 Å². The van der Waals surface area contributed by atoms with Crippen LogP contribution < -0.4 is 0 Å². The highest BCUT2D eigenvalue weighted by molar-refractivity contribution is 7.14. The molecule has 0 bridgehead atoms. The Hall–Kier alpha value is -1.73. The van der Waals surface area contributed by atoms with Crippen molar-refractivity contribution in [3.63, 3.8) is 0 Å². The van der Waals surface area contributed by atoms with Gasteiger partial charge in [-0.1, -0.05) is 5.21 Å². The number of hydrogen-bond acceptors (Lipinski definition) is 5. The monoisotopic (exact) mass is 318 g/mol. The fourth-order valence-electron chi connectivity index (χ4n) is 3.20. The summed E-state index contributed by atoms with van der Waals surface area (Å²) in [5, 5.41) is 8.15. The zero-order valence-electron chi connectivity index (χ0n) is 12.7. The van der Waals surface area contributed by atoms with E-state index in [2.05, 4.69) is 17.2 Å². The maximum atomic E-state index is 12.7. The fraction of sp³-hybridized carbons (Fsp3) is 0.533. The second-order valence-corrected chi connectivity index (χ2v) is 7.23. The molecule has 0 spiro atoms. The highest BCUT2D eigenvalue weighted by Gasteiger charge is 2.38. The molecule has 1 fully saturated rings. The minimum Gasteiger partial charge on any atom is -0.370 e. The molecule has 7 heteroatoms. The molecule has 22 heavy (non-hydrogen) atoms. The Kier molecular flexibility index (Phi) is 3.27. The summed E-state index contributed by atoms with van der Waals surface area (Å²) in [7, 11) is 0. The number of hydrogen-bond donors (Lipinski definition) is 0. The Labute approximate surface area is 132 Å². The maximum absolute atomic E-state index is 12.7. The van der Waals surface area contributed by atoms with Gasteiger partial charge >= 0.3 is 0 Å². The van der Waals surface area contributed by atoms with Crippen LogP contribution in [0.25, 0.3) is 0 Å². The first-order chi connectivity index (χ1) is 10.6. The van der Waals surface area contributed by atoms with Gasteiger partial charge in [-0.05, 0) is 31.9 Å². The molecule has 2 aromatic rings. The normalized spacial score (nSPS) is 24.0. The van der Waals surface area contributed by atoms with Gasteiger partial charge in [-0.2, -0.15) is 0 Å². The number of carbonyl (C=O) groups excluding carboxylic acids is 1. The molecule has 0 saturated carbocycles. The molecule has 4 heterocycles. The maximum Gasteiger partial charge on any atom is 0.264 e. The lowest BCUT2D eigenvalue weighted by atomic mass is 10.00. The number of ether oxygens (including phenoxy) is 1. The Morgan fingerprint density at radius 1 is 1.45 bits per heavy atom. The van der Waals surface area contributed by atoms with Gasteiger partial charge in [-0.15, -0.1) is 16.4 Å². The van der Waals surface area contributed by atoms with Gasteiger partial charge < -0.3 is 9.64 Å². The molecule has 2 atom stereocenters. The van der Waals surface area contributed by atoms with E-state index in [-0.39, 0.29) is 18.1 Å². The molecule has 4 rings (SSSR count). The quantitative estimate of drug-likeness (QED) is 0.806. The molecule has 0 aliphatic carbocycles. The van der Waals surface area contributed by atoms with E-state index in [0.717, 1.165) is 23.5 Å². The van der Waals surface area contributed by atoms with Crippen molar-refractivity contribution in [1.82, 2.24) is 19.9 Å². The van der Waals surface area contributed by atoms with Gasteiger partial charge in [0, 0.05) is 18.0 Å². The molecule has 0 aromatic carbocycles. The summed E-state index contributed by atoms with van der Waals surface area (Å²) in [6, 6.07) is 2.07. The van der Waals surface area contributed by atoms with E-state index in [1.807, 2.05) is 22.6 Å². The molecule has 0 unspecified atom stereocenters. The number of carbonyl (C=O) groups is 1. The minimum absolute atomic E-state index is 0.0751. The summed E-state index contributed by atoms with van der Waals surface area (Å²) in [6.45, 7) is 6.03. The third-order valence-corrected chi connectivity index (χ3v) is 5.73. The van der Waals surface area contributed by atoms with Crippen molar-refractivity contribution >= 4 is 17.2 Å². The first-order valence-corrected chi connectivity index (χ1v) is 8.32. The van der Waals surface area contributed by atoms with Crippen LogP contribution >= 0.6 is 11.3 Å². The SMILES string of the molecule is Cc1cc(C(=O)N2CC[C@H]3OCc4cnnn4[C@@H]3C2)sc1C. The van der Waals surface area contributed by atoms with Crippen molar-refractivity contribution < 1.29 is 9.53 Å². The van der Waals surface area contributed by atoms with Gasteiger partial charge in [0.15, 0.2) is 0 Å². The van der Waals surface area contributed by atoms with Crippen LogP contribution in [0.1, 0.15) is 38.3 Å². The van der Waals surface area contributed by atoms with Crippen molar-refractivity contribution in [1.29, 1.82) is 0 Å². The van der Waals surface area contributed by atoms with E-state index in [0.29, 0.717) is 13.2 Å². The van der Waals surface area contributed by atoms with Gasteiger partial charge in [-0.3, -0.25) is 4.79 Å². The summed E-state index contributed by atoms with van der Waals surface area (Å²) in [6.07, 6.45) is 2.72. The third kappa shape index (κ3) is 2.16. The molecular weight excluding hydrogens is 300 g/mol. The topological polar surface area (TPSA) is 60.3 Å². The molecule has 2 aromatic heterocycles. The summed E-state index contributed by atoms with van der Waals surface area (Å²) < 4.78 is 7.82. The molecule has 2 aliphatic rings. The van der Waals surface area contributed by atoms with Crippen molar-refractivity contribution in [3.05, 3.63) is 33.3 Å². The number of aromatic nitrogens is 3. The van der Waals surface area contributed by atoms with E-state index < -0.39 is 0 Å². The molecule has 6 nitrogen and oxygen atoms in total. The van der Waals surface area contributed by atoms with E-state index in [9.17, 15) is 4.79 Å². The molecule has 1 amide bonds. The zero-order valence-corrected chi connectivity index (χ0v) is 13.5. The molecule has 0 N–H and O–H groups in total. The highest BCUT2D eigenvalue weighted by atomic mass is 32.1. The number of piperidine rings is 1. The Bertz CT molecular complexity index is 703. The fourth-order valence-corrected chi connectivity index (χ4v) is 4.20. The number of rotatable bonds is 1. The average molecular weight is 318 g/mol. The molecule has 2 aliphatic heterocycles. The molecule has 116 valence electrons. The van der Waals surface area contributed by atoms with Crippen molar-refractivity contribution in [2.45, 2.75) is 39.0 Å². The zero-order chi connectivity index (χ0) is 15.3. The highest BCUT2D eigenvalue weighted by Crippen LogP contribution is 2.31. The first kappa shape index (κ1) is 13.9. The number of thiophene rings is 1. The third-order valence-electron chi connectivity index (χ3n) is 4.59. The number of nitrogens with zero attached hydrogens (tertiary/aromatic N) is 4. The lowest BCUT2D eigenvalue weighted by molar-refractivity contribution is -0.0604. The Morgan fingerprint density at radius 2 is 2.32 bits per heavy atom. The predicted molar refractivity (Wildman–Crippen MR) is 81.9 cm³/mol. The van der Waals surface area contributed by atoms with Crippen molar-refractivity contribution in [3.8, 4) is 0 Å². The standard InChI is InChI=1S/C15H18N4O2S/c1-9-5-14(22-10(9)2)15(20)18-4-3-13-12(7-18)19-11(8-21-13)6-16-17-19/h5-6,12-13H,3-4,7-8H2,1-2H3/t12-,13-/m1/s1. The summed E-state index contributed by atoms with van der Waals surface area (Å²) in [5.41, 5.74) is 2.17. The number of aryl methyl sites for hydroxylation is 2. The van der Waals surface area contributed by atoms with Crippen LogP contribution in [0.2, 0.25) is 0 Å². The van der Waals surface area contributed by atoms with E-state index in [1.165, 1.54) is 10.4 Å². The van der Waals surface area contributed by atoms with E-state index in [1.54, 1.807) is 17.5 Å². The molecule has 1 saturated heterocycles. The van der Waals surface area contributed by atoms with Crippen molar-refractivity contribution in [2.24, 2.45) is 0 Å². The Balaban J connectivity index is 1.57. The van der Waals surface area contributed by atoms with Crippen LogP contribution in [0.3, 0.4) is 0 Å². The first-order valence-electron chi connectivity index (χ1n) is 7.50. The minimum atomic E-state index is 0.0751. The van der Waals surface area contributed by atoms with Gasteiger partial charge in [0.1, 0.15) is 0 Å². The predicted octanol–water partition coefficient (Wildman–Crippen LogP) is 1.94. The number of fused-ring (bicyclic) bond motifs is 3. The van der Waals surface area contributed by atoms with Gasteiger partial charge in [0.25, 0.3) is 5.91 Å². The van der Waals surface area contributed by atoms with Crippen LogP contribution in [-0.2, 0) is 11.3 Å². The average Bonchev–Trinajstić information content (AvgIpc) is 3.13. The number of likely N-dealkylation sites (tertiary alicyclic amines) is 1. The number of amides is 1. The Morgan fingerprint density at radius 3 is 3.09 bits per heavy atom.